The van der Waals surface area contributed by atoms with Gasteiger partial charge in [0.15, 0.2) is 5.84 Å². The minimum Gasteiger partial charge on any atom is -0.486 e. The number of amidine groups is 1. The van der Waals surface area contributed by atoms with Gasteiger partial charge in [-0.25, -0.2) is 10.0 Å². The Balaban J connectivity index is 1.46. The Morgan fingerprint density at radius 3 is 2.36 bits per heavy atom. The Labute approximate surface area is 171 Å². The number of thiol groups is 1. The largest absolute Gasteiger partial charge is 0.486 e. The van der Waals surface area contributed by atoms with Crippen LogP contribution in [0.15, 0.2) is 77.8 Å². The number of benzene rings is 3. The van der Waals surface area contributed by atoms with Gasteiger partial charge >= 0.3 is 0 Å². The van der Waals surface area contributed by atoms with Crippen LogP contribution in [0.25, 0.3) is 11.1 Å². The Morgan fingerprint density at radius 2 is 1.64 bits per heavy atom. The monoisotopic (exact) mass is 389 g/mol. The van der Waals surface area contributed by atoms with Gasteiger partial charge in [0.05, 0.1) is 5.69 Å². The lowest BCUT2D eigenvalue weighted by atomic mass is 10.1. The van der Waals surface area contributed by atoms with Crippen LogP contribution < -0.4 is 9.75 Å². The molecule has 0 bridgehead atoms. The van der Waals surface area contributed by atoms with E-state index in [2.05, 4.69) is 74.1 Å². The van der Waals surface area contributed by atoms with Gasteiger partial charge in [-0.2, -0.15) is 0 Å². The van der Waals surface area contributed by atoms with Gasteiger partial charge < -0.3 is 4.74 Å². The van der Waals surface area contributed by atoms with Crippen LogP contribution in [0.3, 0.4) is 0 Å². The van der Waals surface area contributed by atoms with E-state index in [1.54, 1.807) is 4.41 Å². The molecule has 1 aliphatic rings. The van der Waals surface area contributed by atoms with Crippen molar-refractivity contribution in [3.8, 4) is 16.9 Å². The van der Waals surface area contributed by atoms with E-state index in [0.717, 1.165) is 17.3 Å². The summed E-state index contributed by atoms with van der Waals surface area (Å²) in [6.07, 6.45) is 0. The molecule has 4 nitrogen and oxygen atoms in total. The molecule has 0 saturated heterocycles. The highest BCUT2D eigenvalue weighted by Crippen LogP contribution is 2.28. The second-order valence-corrected chi connectivity index (χ2v) is 7.33. The lowest BCUT2D eigenvalue weighted by molar-refractivity contribution is 0.373. The SMILES string of the molecule is Cc1ccc(N2C(COc3ccc(-c4ccccc4)cc3)=NCN2S)c(C)c1. The molecule has 1 heterocycles. The molecule has 3 aromatic rings. The maximum Gasteiger partial charge on any atom is 0.159 e. The average molecular weight is 390 g/mol. The Kier molecular flexibility index (Phi) is 5.37. The molecule has 0 amide bonds. The maximum atomic E-state index is 6.01. The van der Waals surface area contributed by atoms with Gasteiger partial charge in [-0.3, -0.25) is 0 Å². The second-order valence-electron chi connectivity index (χ2n) is 6.87. The quantitative estimate of drug-likeness (QED) is 0.601. The first kappa shape index (κ1) is 18.6. The normalized spacial score (nSPS) is 14.2. The minimum absolute atomic E-state index is 0.384. The molecule has 0 aliphatic carbocycles. The summed E-state index contributed by atoms with van der Waals surface area (Å²) in [4.78, 5) is 4.59. The van der Waals surface area contributed by atoms with E-state index in [9.17, 15) is 0 Å². The van der Waals surface area contributed by atoms with E-state index >= 15 is 0 Å². The van der Waals surface area contributed by atoms with Crippen LogP contribution in [0.4, 0.5) is 5.69 Å². The topological polar surface area (TPSA) is 28.1 Å². The second kappa shape index (κ2) is 8.09. The van der Waals surface area contributed by atoms with E-state index in [-0.39, 0.29) is 0 Å². The summed E-state index contributed by atoms with van der Waals surface area (Å²) in [7, 11) is 0. The molecule has 3 aromatic carbocycles. The van der Waals surface area contributed by atoms with Crippen LogP contribution in [-0.2, 0) is 0 Å². The summed E-state index contributed by atoms with van der Waals surface area (Å²) in [6, 6.07) is 24.8. The number of hydrogen-bond acceptors (Lipinski definition) is 5. The van der Waals surface area contributed by atoms with Crippen molar-refractivity contribution in [1.82, 2.24) is 4.41 Å². The van der Waals surface area contributed by atoms with Crippen molar-refractivity contribution in [2.24, 2.45) is 4.99 Å². The molecule has 4 rings (SSSR count). The van der Waals surface area contributed by atoms with Gasteiger partial charge in [0.1, 0.15) is 19.0 Å². The van der Waals surface area contributed by atoms with Crippen molar-refractivity contribution in [3.05, 3.63) is 83.9 Å². The molecule has 0 saturated carbocycles. The fraction of sp³-hybridized carbons (Fsp3) is 0.174. The number of aryl methyl sites for hydroxylation is 2. The van der Waals surface area contributed by atoms with Crippen LogP contribution in [0.5, 0.6) is 5.75 Å². The molecule has 0 radical (unpaired) electrons. The Morgan fingerprint density at radius 1 is 0.929 bits per heavy atom. The molecular formula is C23H23N3OS. The summed E-state index contributed by atoms with van der Waals surface area (Å²) in [5.74, 6) is 1.66. The molecule has 0 aromatic heterocycles. The first-order valence-corrected chi connectivity index (χ1v) is 9.67. The van der Waals surface area contributed by atoms with Crippen molar-refractivity contribution in [1.29, 1.82) is 0 Å². The van der Waals surface area contributed by atoms with Gasteiger partial charge in [0, 0.05) is 0 Å². The number of ether oxygens (including phenoxy) is 1. The van der Waals surface area contributed by atoms with E-state index in [1.807, 2.05) is 35.3 Å². The van der Waals surface area contributed by atoms with E-state index in [0.29, 0.717) is 13.3 Å². The predicted octanol–water partition coefficient (Wildman–Crippen LogP) is 5.29. The number of nitrogens with zero attached hydrogens (tertiary/aromatic N) is 3. The fourth-order valence-electron chi connectivity index (χ4n) is 3.34. The van der Waals surface area contributed by atoms with Crippen molar-refractivity contribution >= 4 is 24.3 Å². The third kappa shape index (κ3) is 3.91. The van der Waals surface area contributed by atoms with Crippen LogP contribution in [0.1, 0.15) is 11.1 Å². The van der Waals surface area contributed by atoms with Crippen LogP contribution in [0.2, 0.25) is 0 Å². The van der Waals surface area contributed by atoms with Gasteiger partial charge in [-0.05, 0) is 48.7 Å². The third-order valence-corrected chi connectivity index (χ3v) is 5.07. The Bertz CT molecular complexity index is 986. The zero-order valence-corrected chi connectivity index (χ0v) is 16.9. The fourth-order valence-corrected chi connectivity index (χ4v) is 3.61. The van der Waals surface area contributed by atoms with Crippen LogP contribution >= 0.6 is 12.8 Å². The van der Waals surface area contributed by atoms with Crippen molar-refractivity contribution < 1.29 is 4.74 Å². The van der Waals surface area contributed by atoms with Gasteiger partial charge in [0.2, 0.25) is 0 Å². The molecule has 1 aliphatic heterocycles. The molecule has 0 N–H and O–H groups in total. The maximum absolute atomic E-state index is 6.01. The highest BCUT2D eigenvalue weighted by atomic mass is 32.1. The van der Waals surface area contributed by atoms with Crippen LogP contribution in [0, 0.1) is 13.8 Å². The molecule has 5 heteroatoms. The third-order valence-electron chi connectivity index (χ3n) is 4.76. The summed E-state index contributed by atoms with van der Waals surface area (Å²) in [6.45, 7) is 5.08. The molecule has 0 atom stereocenters. The molecule has 142 valence electrons. The number of aliphatic imine (C=N–C) groups is 1. The van der Waals surface area contributed by atoms with E-state index in [4.69, 9.17) is 4.74 Å². The summed E-state index contributed by atoms with van der Waals surface area (Å²) in [5.41, 5.74) is 5.85. The predicted molar refractivity (Wildman–Crippen MR) is 119 cm³/mol. The number of rotatable bonds is 5. The van der Waals surface area contributed by atoms with Crippen molar-refractivity contribution in [2.75, 3.05) is 18.3 Å². The molecule has 28 heavy (non-hydrogen) atoms. The first-order chi connectivity index (χ1) is 13.6. The smallest absolute Gasteiger partial charge is 0.159 e. The number of hydrazine groups is 1. The molecule has 0 fully saturated rings. The zero-order chi connectivity index (χ0) is 19.5. The molecule has 0 spiro atoms. The lowest BCUT2D eigenvalue weighted by Gasteiger charge is -2.27. The lowest BCUT2D eigenvalue weighted by Crippen LogP contribution is -2.38. The molecule has 0 unspecified atom stereocenters. The van der Waals surface area contributed by atoms with E-state index in [1.165, 1.54) is 22.3 Å². The zero-order valence-electron chi connectivity index (χ0n) is 16.0. The van der Waals surface area contributed by atoms with E-state index < -0.39 is 0 Å². The summed E-state index contributed by atoms with van der Waals surface area (Å²) < 4.78 is 7.81. The molecular weight excluding hydrogens is 366 g/mol. The van der Waals surface area contributed by atoms with Crippen LogP contribution in [-0.4, -0.2) is 23.5 Å². The average Bonchev–Trinajstić information content (AvgIpc) is 3.08. The highest BCUT2D eigenvalue weighted by Gasteiger charge is 2.26. The van der Waals surface area contributed by atoms with Crippen molar-refractivity contribution in [2.45, 2.75) is 13.8 Å². The summed E-state index contributed by atoms with van der Waals surface area (Å²) in [5, 5.41) is 2.01. The number of hydrogen-bond donors (Lipinski definition) is 1. The Hall–Kier alpha value is -2.76. The van der Waals surface area contributed by atoms with Gasteiger partial charge in [0.25, 0.3) is 0 Å². The standard InChI is InChI=1S/C23H23N3OS/c1-17-8-13-22(18(2)14-17)26-23(24-16-25(26)28)15-27-21-11-9-20(10-12-21)19-6-4-3-5-7-19/h3-14,28H,15-16H2,1-2H3. The summed E-state index contributed by atoms with van der Waals surface area (Å²) >= 11 is 4.55. The minimum atomic E-state index is 0.384. The first-order valence-electron chi connectivity index (χ1n) is 9.27. The number of anilines is 1. The van der Waals surface area contributed by atoms with Gasteiger partial charge in [-0.15, -0.1) is 4.41 Å². The highest BCUT2D eigenvalue weighted by molar-refractivity contribution is 7.77. The van der Waals surface area contributed by atoms with Gasteiger partial charge in [-0.1, -0.05) is 73.0 Å². The van der Waals surface area contributed by atoms with Crippen molar-refractivity contribution in [3.63, 3.8) is 0 Å².